The number of benzene rings is 1. The molecule has 0 bridgehead atoms. The first-order chi connectivity index (χ1) is 15.0. The number of halogens is 3. The molecule has 32 heavy (non-hydrogen) atoms. The average molecular weight is 503 g/mol. The van der Waals surface area contributed by atoms with Crippen molar-refractivity contribution in [1.29, 1.82) is 0 Å². The van der Waals surface area contributed by atoms with Gasteiger partial charge in [-0.05, 0) is 42.5 Å². The summed E-state index contributed by atoms with van der Waals surface area (Å²) >= 11 is -0.880. The van der Waals surface area contributed by atoms with Crippen LogP contribution in [-0.2, 0) is 29.3 Å². The minimum absolute atomic E-state index is 0.0230. The first-order valence-corrected chi connectivity index (χ1v) is 11.7. The Bertz CT molecular complexity index is 1170. The van der Waals surface area contributed by atoms with Crippen molar-refractivity contribution in [2.75, 3.05) is 10.1 Å². The third-order valence-electron chi connectivity index (χ3n) is 4.19. The number of anilines is 2. The molecule has 170 valence electrons. The van der Waals surface area contributed by atoms with Crippen molar-refractivity contribution in [3.05, 3.63) is 53.7 Å². The molecule has 13 heteroatoms. The van der Waals surface area contributed by atoms with Crippen LogP contribution in [0.25, 0.3) is 10.6 Å². The number of carbonyl (C=O) groups excluding carboxylic acids is 2. The summed E-state index contributed by atoms with van der Waals surface area (Å²) in [6.45, 7) is 1.35. The number of alkyl halides is 3. The van der Waals surface area contributed by atoms with Crippen LogP contribution >= 0.6 is 23.1 Å². The van der Waals surface area contributed by atoms with Crippen LogP contribution in [0.4, 0.5) is 23.9 Å². The third-order valence-corrected chi connectivity index (χ3v) is 6.92. The Morgan fingerprint density at radius 1 is 1.22 bits per heavy atom. The Balaban J connectivity index is 1.87. The van der Waals surface area contributed by atoms with Gasteiger partial charge >= 0.3 is 6.18 Å². The molecule has 1 unspecified atom stereocenters. The normalized spacial score (nSPS) is 12.6. The molecule has 0 aliphatic carbocycles. The summed E-state index contributed by atoms with van der Waals surface area (Å²) in [5, 5.41) is 3.52. The first-order valence-electron chi connectivity index (χ1n) is 8.85. The molecule has 0 fully saturated rings. The van der Waals surface area contributed by atoms with Gasteiger partial charge < -0.3 is 4.55 Å². The molecule has 0 aliphatic rings. The molecular weight excluding hydrogens is 487 g/mol. The van der Waals surface area contributed by atoms with Crippen LogP contribution in [0.5, 0.6) is 0 Å². The molecule has 2 aromatic heterocycles. The fourth-order valence-corrected chi connectivity index (χ4v) is 5.01. The van der Waals surface area contributed by atoms with E-state index in [2.05, 4.69) is 5.10 Å². The van der Waals surface area contributed by atoms with Crippen molar-refractivity contribution >= 4 is 56.0 Å². The molecule has 0 spiro atoms. The van der Waals surface area contributed by atoms with E-state index >= 15 is 0 Å². The summed E-state index contributed by atoms with van der Waals surface area (Å²) in [4.78, 5) is 23.5. The second-order valence-electron chi connectivity index (χ2n) is 6.44. The highest BCUT2D eigenvalue weighted by atomic mass is 32.2. The van der Waals surface area contributed by atoms with Crippen LogP contribution in [0, 0.1) is 0 Å². The number of aromatic nitrogens is 2. The van der Waals surface area contributed by atoms with E-state index < -0.39 is 23.1 Å². The van der Waals surface area contributed by atoms with E-state index in [0.717, 1.165) is 38.2 Å². The van der Waals surface area contributed by atoms with E-state index in [0.29, 0.717) is 10.4 Å². The smallest absolute Gasteiger partial charge is 0.435 e. The predicted molar refractivity (Wildman–Crippen MR) is 116 cm³/mol. The van der Waals surface area contributed by atoms with Gasteiger partial charge in [-0.2, -0.15) is 18.3 Å². The van der Waals surface area contributed by atoms with Crippen LogP contribution in [0.15, 0.2) is 42.5 Å². The van der Waals surface area contributed by atoms with E-state index in [1.165, 1.54) is 50.4 Å². The van der Waals surface area contributed by atoms with E-state index in [4.69, 9.17) is 0 Å². The van der Waals surface area contributed by atoms with Gasteiger partial charge in [0, 0.05) is 19.5 Å². The molecule has 0 saturated heterocycles. The molecule has 0 saturated carbocycles. The molecule has 7 nitrogen and oxygen atoms in total. The standard InChI is InChI=1S/C19H16F3N3O4S3/c1-11(26)30-10-15(27)12-3-5-13(6-4-12)25(32(28)29)18-8-7-16(31-18)14-9-17(19(20,21)22)23-24(14)2/h3-9H,10H2,1-2H3,(H,28,29)/p-1. The molecule has 3 aromatic rings. The topological polar surface area (TPSA) is 95.3 Å². The third kappa shape index (κ3) is 5.46. The Labute approximate surface area is 191 Å². The quantitative estimate of drug-likeness (QED) is 0.347. The summed E-state index contributed by atoms with van der Waals surface area (Å²) in [5.74, 6) is -0.299. The largest absolute Gasteiger partial charge is 0.755 e. The summed E-state index contributed by atoms with van der Waals surface area (Å²) in [6.07, 6.45) is -4.60. The van der Waals surface area contributed by atoms with Gasteiger partial charge in [0.05, 0.1) is 33.3 Å². The Kier molecular flexibility index (Phi) is 7.22. The number of hydrogen-bond donors (Lipinski definition) is 0. The fourth-order valence-electron chi connectivity index (χ4n) is 2.73. The molecule has 0 N–H and O–H groups in total. The van der Waals surface area contributed by atoms with Crippen molar-refractivity contribution in [2.24, 2.45) is 7.05 Å². The fraction of sp³-hybridized carbons (Fsp3) is 0.211. The maximum absolute atomic E-state index is 12.9. The van der Waals surface area contributed by atoms with Gasteiger partial charge in [0.2, 0.25) is 0 Å². The van der Waals surface area contributed by atoms with Crippen molar-refractivity contribution in [1.82, 2.24) is 9.78 Å². The van der Waals surface area contributed by atoms with Gasteiger partial charge in [-0.3, -0.25) is 22.8 Å². The molecule has 3 rings (SSSR count). The maximum atomic E-state index is 12.9. The number of rotatable bonds is 7. The summed E-state index contributed by atoms with van der Waals surface area (Å²) in [7, 11) is 1.37. The van der Waals surface area contributed by atoms with Crippen molar-refractivity contribution in [3.8, 4) is 10.6 Å². The van der Waals surface area contributed by atoms with E-state index in [1.54, 1.807) is 0 Å². The average Bonchev–Trinajstić information content (AvgIpc) is 3.33. The molecule has 0 aliphatic heterocycles. The number of ketones is 1. The van der Waals surface area contributed by atoms with Crippen LogP contribution in [0.1, 0.15) is 23.0 Å². The number of Topliss-reactive ketones (excluding diaryl/α,β-unsaturated/α-hetero) is 1. The van der Waals surface area contributed by atoms with Crippen LogP contribution in [0.3, 0.4) is 0 Å². The molecule has 0 amide bonds. The predicted octanol–water partition coefficient (Wildman–Crippen LogP) is 4.56. The number of thioether (sulfide) groups is 1. The van der Waals surface area contributed by atoms with E-state index in [9.17, 15) is 31.5 Å². The van der Waals surface area contributed by atoms with Crippen LogP contribution in [-0.4, -0.2) is 35.2 Å². The highest BCUT2D eigenvalue weighted by Gasteiger charge is 2.35. The Morgan fingerprint density at radius 3 is 2.41 bits per heavy atom. The highest BCUT2D eigenvalue weighted by Crippen LogP contribution is 2.39. The van der Waals surface area contributed by atoms with Crippen LogP contribution < -0.4 is 4.31 Å². The summed E-state index contributed by atoms with van der Waals surface area (Å²) in [5.41, 5.74) is -0.296. The van der Waals surface area contributed by atoms with Gasteiger partial charge in [0.25, 0.3) is 0 Å². The zero-order chi connectivity index (χ0) is 23.6. The van der Waals surface area contributed by atoms with Gasteiger partial charge in [-0.1, -0.05) is 11.8 Å². The summed E-state index contributed by atoms with van der Waals surface area (Å²) < 4.78 is 64.6. The van der Waals surface area contributed by atoms with Crippen LogP contribution in [0.2, 0.25) is 0 Å². The Morgan fingerprint density at radius 2 is 1.88 bits per heavy atom. The number of aryl methyl sites for hydroxylation is 1. The molecule has 0 radical (unpaired) electrons. The molecule has 1 atom stereocenters. The van der Waals surface area contributed by atoms with Gasteiger partial charge in [-0.15, -0.1) is 11.3 Å². The summed E-state index contributed by atoms with van der Waals surface area (Å²) in [6, 6.07) is 9.65. The minimum Gasteiger partial charge on any atom is -0.755 e. The maximum Gasteiger partial charge on any atom is 0.435 e. The monoisotopic (exact) mass is 502 g/mol. The lowest BCUT2D eigenvalue weighted by atomic mass is 10.1. The van der Waals surface area contributed by atoms with Crippen molar-refractivity contribution < 1.29 is 31.5 Å². The van der Waals surface area contributed by atoms with Crippen molar-refractivity contribution in [3.63, 3.8) is 0 Å². The number of carbonyl (C=O) groups is 2. The second kappa shape index (κ2) is 9.57. The minimum atomic E-state index is -4.60. The zero-order valence-corrected chi connectivity index (χ0v) is 19.0. The SMILES string of the molecule is CC(=O)SCC(=O)c1ccc(N(c2ccc(-c3cc(C(F)(F)F)nn3C)s2)S(=O)[O-])cc1. The number of thiophene rings is 1. The lowest BCUT2D eigenvalue weighted by Crippen LogP contribution is -2.18. The molecular formula is C19H15F3N3O4S3-. The lowest BCUT2D eigenvalue weighted by Gasteiger charge is -2.24. The Hall–Kier alpha value is -2.48. The highest BCUT2D eigenvalue weighted by molar-refractivity contribution is 8.14. The first kappa shape index (κ1) is 24.2. The number of nitrogens with zero attached hydrogens (tertiary/aromatic N) is 3. The molecule has 1 aromatic carbocycles. The van der Waals surface area contributed by atoms with Crippen molar-refractivity contribution in [2.45, 2.75) is 13.1 Å². The van der Waals surface area contributed by atoms with Gasteiger partial charge in [-0.25, -0.2) is 0 Å². The van der Waals surface area contributed by atoms with Gasteiger partial charge in [0.1, 0.15) is 5.00 Å². The van der Waals surface area contributed by atoms with Gasteiger partial charge in [0.15, 0.2) is 16.6 Å². The van der Waals surface area contributed by atoms with E-state index in [1.807, 2.05) is 0 Å². The lowest BCUT2D eigenvalue weighted by molar-refractivity contribution is -0.141. The number of hydrogen-bond acceptors (Lipinski definition) is 7. The second-order valence-corrected chi connectivity index (χ2v) is 9.45. The zero-order valence-electron chi connectivity index (χ0n) is 16.6. The molecule has 2 heterocycles. The van der Waals surface area contributed by atoms with E-state index in [-0.39, 0.29) is 33.0 Å².